The lowest BCUT2D eigenvalue weighted by Crippen LogP contribution is -2.26. The van der Waals surface area contributed by atoms with Gasteiger partial charge in [-0.05, 0) is 18.1 Å². The van der Waals surface area contributed by atoms with Crippen LogP contribution < -0.4 is 5.73 Å². The molecule has 0 aliphatic heterocycles. The van der Waals surface area contributed by atoms with E-state index in [9.17, 15) is 0 Å². The number of aliphatic hydroxyl groups is 1. The van der Waals surface area contributed by atoms with Crippen LogP contribution in [0.5, 0.6) is 0 Å². The Balaban J connectivity index is 2.51. The van der Waals surface area contributed by atoms with Crippen molar-refractivity contribution in [2.24, 2.45) is 5.73 Å². The molecule has 3 nitrogen and oxygen atoms in total. The molecule has 0 amide bonds. The number of pyridine rings is 1. The quantitative estimate of drug-likeness (QED) is 0.638. The van der Waals surface area contributed by atoms with E-state index in [1.807, 2.05) is 12.1 Å². The summed E-state index contributed by atoms with van der Waals surface area (Å²) in [6, 6.07) is 3.64. The Hall–Kier alpha value is -0.930. The number of nitrogens with two attached hydrogens (primary N) is 1. The number of hydrogen-bond donors (Lipinski definition) is 2. The smallest absolute Gasteiger partial charge is 0.0585 e. The van der Waals surface area contributed by atoms with E-state index in [4.69, 9.17) is 10.8 Å². The molecule has 1 atom stereocenters. The van der Waals surface area contributed by atoms with Crippen LogP contribution in [0.25, 0.3) is 0 Å². The molecule has 1 heterocycles. The van der Waals surface area contributed by atoms with E-state index in [1.54, 1.807) is 12.4 Å². The highest BCUT2D eigenvalue weighted by molar-refractivity contribution is 5.09. The second-order valence-corrected chi connectivity index (χ2v) is 2.51. The zero-order chi connectivity index (χ0) is 8.10. The molecule has 0 unspecified atom stereocenters. The fraction of sp³-hybridized carbons (Fsp3) is 0.375. The number of aromatic nitrogens is 1. The zero-order valence-electron chi connectivity index (χ0n) is 6.27. The number of aliphatic hydroxyl groups excluding tert-OH is 1. The van der Waals surface area contributed by atoms with Crippen LogP contribution in [0.2, 0.25) is 0 Å². The molecule has 0 bridgehead atoms. The molecule has 11 heavy (non-hydrogen) atoms. The van der Waals surface area contributed by atoms with E-state index in [1.165, 1.54) is 0 Å². The predicted octanol–water partition coefficient (Wildman–Crippen LogP) is -0.0563. The SMILES string of the molecule is N[C@H](CO)Cc1cccnc1. The van der Waals surface area contributed by atoms with Gasteiger partial charge in [-0.2, -0.15) is 0 Å². The normalized spacial score (nSPS) is 12.9. The highest BCUT2D eigenvalue weighted by Gasteiger charge is 2.00. The molecule has 0 saturated carbocycles. The molecule has 3 heteroatoms. The van der Waals surface area contributed by atoms with Gasteiger partial charge in [0.25, 0.3) is 0 Å². The van der Waals surface area contributed by atoms with Crippen LogP contribution in [0.3, 0.4) is 0 Å². The Morgan fingerprint density at radius 2 is 2.45 bits per heavy atom. The third kappa shape index (κ3) is 2.65. The zero-order valence-corrected chi connectivity index (χ0v) is 6.27. The fourth-order valence-corrected chi connectivity index (χ4v) is 0.886. The maximum atomic E-state index is 8.65. The Kier molecular flexibility index (Phi) is 3.01. The highest BCUT2D eigenvalue weighted by Crippen LogP contribution is 1.98. The molecule has 0 aliphatic carbocycles. The van der Waals surface area contributed by atoms with Crippen molar-refractivity contribution in [1.82, 2.24) is 4.98 Å². The van der Waals surface area contributed by atoms with Crippen LogP contribution >= 0.6 is 0 Å². The van der Waals surface area contributed by atoms with E-state index in [0.29, 0.717) is 6.42 Å². The first-order valence-electron chi connectivity index (χ1n) is 3.58. The molecule has 3 N–H and O–H groups in total. The summed E-state index contributed by atoms with van der Waals surface area (Å²) >= 11 is 0. The monoisotopic (exact) mass is 152 g/mol. The van der Waals surface area contributed by atoms with Crippen LogP contribution in [-0.4, -0.2) is 22.7 Å². The lowest BCUT2D eigenvalue weighted by molar-refractivity contribution is 0.265. The minimum atomic E-state index is -0.167. The van der Waals surface area contributed by atoms with Gasteiger partial charge in [-0.25, -0.2) is 0 Å². The average Bonchev–Trinajstić information content (AvgIpc) is 2.06. The minimum Gasteiger partial charge on any atom is -0.395 e. The van der Waals surface area contributed by atoms with Gasteiger partial charge in [-0.1, -0.05) is 6.07 Å². The predicted molar refractivity (Wildman–Crippen MR) is 43.0 cm³/mol. The van der Waals surface area contributed by atoms with Crippen molar-refractivity contribution in [2.45, 2.75) is 12.5 Å². The van der Waals surface area contributed by atoms with Crippen molar-refractivity contribution >= 4 is 0 Å². The molecule has 0 fully saturated rings. The first-order valence-corrected chi connectivity index (χ1v) is 3.58. The Morgan fingerprint density at radius 1 is 1.64 bits per heavy atom. The number of rotatable bonds is 3. The molecular formula is C8H12N2O. The molecule has 0 aliphatic rings. The van der Waals surface area contributed by atoms with Gasteiger partial charge in [0.05, 0.1) is 6.61 Å². The summed E-state index contributed by atoms with van der Waals surface area (Å²) in [5.41, 5.74) is 6.59. The fourth-order valence-electron chi connectivity index (χ4n) is 0.886. The third-order valence-corrected chi connectivity index (χ3v) is 1.46. The average molecular weight is 152 g/mol. The molecule has 0 radical (unpaired) electrons. The van der Waals surface area contributed by atoms with Gasteiger partial charge in [0.15, 0.2) is 0 Å². The van der Waals surface area contributed by atoms with Gasteiger partial charge in [-0.3, -0.25) is 4.98 Å². The largest absolute Gasteiger partial charge is 0.395 e. The lowest BCUT2D eigenvalue weighted by atomic mass is 10.1. The molecule has 0 spiro atoms. The molecule has 1 rings (SSSR count). The second kappa shape index (κ2) is 4.05. The van der Waals surface area contributed by atoms with Crippen molar-refractivity contribution in [2.75, 3.05) is 6.61 Å². The minimum absolute atomic E-state index is 0.0227. The van der Waals surface area contributed by atoms with Gasteiger partial charge in [0, 0.05) is 18.4 Å². The summed E-state index contributed by atoms with van der Waals surface area (Å²) in [5.74, 6) is 0. The Bertz CT molecular complexity index is 201. The molecule has 60 valence electrons. The van der Waals surface area contributed by atoms with Crippen LogP contribution in [-0.2, 0) is 6.42 Å². The van der Waals surface area contributed by atoms with E-state index in [2.05, 4.69) is 4.98 Å². The summed E-state index contributed by atoms with van der Waals surface area (Å²) in [5, 5.41) is 8.65. The van der Waals surface area contributed by atoms with Crippen LogP contribution in [0.1, 0.15) is 5.56 Å². The van der Waals surface area contributed by atoms with Crippen LogP contribution in [0, 0.1) is 0 Å². The molecule has 0 saturated heterocycles. The lowest BCUT2D eigenvalue weighted by Gasteiger charge is -2.06. The van der Waals surface area contributed by atoms with Gasteiger partial charge in [0.1, 0.15) is 0 Å². The summed E-state index contributed by atoms with van der Waals surface area (Å²) in [7, 11) is 0. The summed E-state index contributed by atoms with van der Waals surface area (Å²) in [6.45, 7) is 0.0227. The van der Waals surface area contributed by atoms with Crippen molar-refractivity contribution < 1.29 is 5.11 Å². The van der Waals surface area contributed by atoms with E-state index in [-0.39, 0.29) is 12.6 Å². The van der Waals surface area contributed by atoms with Gasteiger partial charge < -0.3 is 10.8 Å². The molecule has 0 aromatic carbocycles. The van der Waals surface area contributed by atoms with Crippen molar-refractivity contribution in [3.05, 3.63) is 30.1 Å². The van der Waals surface area contributed by atoms with Crippen molar-refractivity contribution in [3.8, 4) is 0 Å². The highest BCUT2D eigenvalue weighted by atomic mass is 16.3. The Morgan fingerprint density at radius 3 is 3.00 bits per heavy atom. The van der Waals surface area contributed by atoms with E-state index >= 15 is 0 Å². The number of hydrogen-bond acceptors (Lipinski definition) is 3. The Labute approximate surface area is 65.9 Å². The summed E-state index contributed by atoms with van der Waals surface area (Å²) in [6.07, 6.45) is 4.16. The summed E-state index contributed by atoms with van der Waals surface area (Å²) in [4.78, 5) is 3.93. The third-order valence-electron chi connectivity index (χ3n) is 1.46. The van der Waals surface area contributed by atoms with Gasteiger partial charge in [0.2, 0.25) is 0 Å². The molecular weight excluding hydrogens is 140 g/mol. The van der Waals surface area contributed by atoms with E-state index < -0.39 is 0 Å². The molecule has 1 aromatic rings. The molecule has 1 aromatic heterocycles. The standard InChI is InChI=1S/C8H12N2O/c9-8(6-11)4-7-2-1-3-10-5-7/h1-3,5,8,11H,4,6,9H2/t8-/m0/s1. The first-order chi connectivity index (χ1) is 5.33. The van der Waals surface area contributed by atoms with Crippen LogP contribution in [0.15, 0.2) is 24.5 Å². The van der Waals surface area contributed by atoms with E-state index in [0.717, 1.165) is 5.56 Å². The first kappa shape index (κ1) is 8.17. The van der Waals surface area contributed by atoms with Gasteiger partial charge >= 0.3 is 0 Å². The van der Waals surface area contributed by atoms with Gasteiger partial charge in [-0.15, -0.1) is 0 Å². The van der Waals surface area contributed by atoms with Crippen molar-refractivity contribution in [3.63, 3.8) is 0 Å². The maximum Gasteiger partial charge on any atom is 0.0585 e. The second-order valence-electron chi connectivity index (χ2n) is 2.51. The topological polar surface area (TPSA) is 59.1 Å². The van der Waals surface area contributed by atoms with Crippen molar-refractivity contribution in [1.29, 1.82) is 0 Å². The maximum absolute atomic E-state index is 8.65. The summed E-state index contributed by atoms with van der Waals surface area (Å²) < 4.78 is 0. The van der Waals surface area contributed by atoms with Crippen LogP contribution in [0.4, 0.5) is 0 Å². The number of nitrogens with zero attached hydrogens (tertiary/aromatic N) is 1.